The van der Waals surface area contributed by atoms with Gasteiger partial charge in [-0.2, -0.15) is 9.97 Å². The molecule has 19 heavy (non-hydrogen) atoms. The van der Waals surface area contributed by atoms with Crippen LogP contribution in [0.1, 0.15) is 51.3 Å². The fourth-order valence-electron chi connectivity index (χ4n) is 5.65. The maximum Gasteiger partial charge on any atom is 0.349 e. The summed E-state index contributed by atoms with van der Waals surface area (Å²) in [6.07, 6.45) is 7.50. The van der Waals surface area contributed by atoms with Gasteiger partial charge in [-0.1, -0.05) is 6.92 Å². The topological polar surface area (TPSA) is 84.7 Å². The second-order valence-corrected chi connectivity index (χ2v) is 7.41. The molecule has 2 atom stereocenters. The van der Waals surface area contributed by atoms with Crippen molar-refractivity contribution in [2.75, 3.05) is 5.73 Å². The summed E-state index contributed by atoms with van der Waals surface area (Å²) in [5.41, 5.74) is 5.79. The second-order valence-electron chi connectivity index (χ2n) is 7.41. The largest absolute Gasteiger partial charge is 0.368 e. The molecule has 0 radical (unpaired) electrons. The molecule has 3 N–H and O–H groups in total. The Bertz CT molecular complexity index is 579. The number of hydrogen-bond acceptors (Lipinski definition) is 4. The zero-order chi connectivity index (χ0) is 13.3. The van der Waals surface area contributed by atoms with Crippen LogP contribution in [0.4, 0.5) is 5.95 Å². The SMILES string of the molecule is CC12CC3CC(C1)CC(c1nc(N)nc(=O)[nH]1)(C3)C2. The Kier molecular flexibility index (Phi) is 2.03. The van der Waals surface area contributed by atoms with Crippen LogP contribution in [0, 0.1) is 17.3 Å². The first kappa shape index (κ1) is 11.4. The number of nitrogens with two attached hydrogens (primary N) is 1. The average molecular weight is 260 g/mol. The molecule has 0 saturated heterocycles. The third-order valence-corrected chi connectivity index (χ3v) is 5.52. The Morgan fingerprint density at radius 2 is 1.89 bits per heavy atom. The van der Waals surface area contributed by atoms with Crippen LogP contribution in [0.3, 0.4) is 0 Å². The minimum atomic E-state index is -0.358. The van der Waals surface area contributed by atoms with Crippen molar-refractivity contribution < 1.29 is 0 Å². The van der Waals surface area contributed by atoms with Gasteiger partial charge >= 0.3 is 5.69 Å². The van der Waals surface area contributed by atoms with Crippen molar-refractivity contribution in [2.24, 2.45) is 17.3 Å². The molecule has 5 nitrogen and oxygen atoms in total. The number of hydrogen-bond donors (Lipinski definition) is 2. The summed E-state index contributed by atoms with van der Waals surface area (Å²) in [5, 5.41) is 0. The molecule has 4 fully saturated rings. The molecule has 1 aromatic heterocycles. The average Bonchev–Trinajstić information content (AvgIpc) is 2.23. The maximum absolute atomic E-state index is 11.6. The number of nitrogens with zero attached hydrogens (tertiary/aromatic N) is 2. The molecule has 0 spiro atoms. The van der Waals surface area contributed by atoms with E-state index >= 15 is 0 Å². The zero-order valence-corrected chi connectivity index (χ0v) is 11.3. The minimum Gasteiger partial charge on any atom is -0.368 e. The molecule has 102 valence electrons. The molecule has 0 amide bonds. The number of nitrogen functional groups attached to an aromatic ring is 1. The lowest BCUT2D eigenvalue weighted by atomic mass is 9.44. The van der Waals surface area contributed by atoms with Crippen LogP contribution in [-0.2, 0) is 5.41 Å². The molecule has 2 unspecified atom stereocenters. The summed E-state index contributed by atoms with van der Waals surface area (Å²) in [6.45, 7) is 2.40. The van der Waals surface area contributed by atoms with Crippen LogP contribution < -0.4 is 11.4 Å². The minimum absolute atomic E-state index is 0.0506. The van der Waals surface area contributed by atoms with Gasteiger partial charge in [0, 0.05) is 5.41 Å². The summed E-state index contributed by atoms with van der Waals surface area (Å²) < 4.78 is 0. The van der Waals surface area contributed by atoms with E-state index in [-0.39, 0.29) is 17.1 Å². The van der Waals surface area contributed by atoms with Crippen LogP contribution in [0.2, 0.25) is 0 Å². The van der Waals surface area contributed by atoms with E-state index < -0.39 is 0 Å². The summed E-state index contributed by atoms with van der Waals surface area (Å²) in [7, 11) is 0. The number of anilines is 1. The predicted molar refractivity (Wildman–Crippen MR) is 71.5 cm³/mol. The molecule has 0 aliphatic heterocycles. The molecule has 4 aliphatic rings. The van der Waals surface area contributed by atoms with E-state index in [1.54, 1.807) is 0 Å². The highest BCUT2D eigenvalue weighted by molar-refractivity contribution is 5.23. The molecule has 4 aliphatic carbocycles. The summed E-state index contributed by atoms with van der Waals surface area (Å²) in [5.74, 6) is 2.50. The van der Waals surface area contributed by atoms with E-state index in [9.17, 15) is 4.79 Å². The number of aromatic nitrogens is 3. The first-order chi connectivity index (χ1) is 8.96. The second kappa shape index (κ2) is 3.38. The third kappa shape index (κ3) is 1.63. The predicted octanol–water partition coefficient (Wildman–Crippen LogP) is 1.60. The quantitative estimate of drug-likeness (QED) is 0.803. The Morgan fingerprint density at radius 1 is 1.21 bits per heavy atom. The van der Waals surface area contributed by atoms with Gasteiger partial charge in [0.05, 0.1) is 0 Å². The van der Waals surface area contributed by atoms with Gasteiger partial charge in [-0.15, -0.1) is 0 Å². The van der Waals surface area contributed by atoms with Crippen LogP contribution in [0.25, 0.3) is 0 Å². The number of rotatable bonds is 1. The van der Waals surface area contributed by atoms with Crippen molar-refractivity contribution in [2.45, 2.75) is 50.9 Å². The fourth-order valence-corrected chi connectivity index (χ4v) is 5.65. The van der Waals surface area contributed by atoms with Gasteiger partial charge < -0.3 is 5.73 Å². The van der Waals surface area contributed by atoms with Crippen LogP contribution in [0.5, 0.6) is 0 Å². The van der Waals surface area contributed by atoms with Gasteiger partial charge in [0.1, 0.15) is 5.82 Å². The summed E-state index contributed by atoms with van der Waals surface area (Å²) in [6, 6.07) is 0. The highest BCUT2D eigenvalue weighted by atomic mass is 16.1. The fraction of sp³-hybridized carbons (Fsp3) is 0.786. The summed E-state index contributed by atoms with van der Waals surface area (Å²) >= 11 is 0. The molecule has 5 rings (SSSR count). The van der Waals surface area contributed by atoms with Crippen LogP contribution in [-0.4, -0.2) is 15.0 Å². The van der Waals surface area contributed by atoms with Gasteiger partial charge in [-0.25, -0.2) is 4.79 Å². The third-order valence-electron chi connectivity index (χ3n) is 5.52. The normalized spacial score (nSPS) is 43.6. The first-order valence-corrected chi connectivity index (χ1v) is 7.21. The highest BCUT2D eigenvalue weighted by Crippen LogP contribution is 2.64. The lowest BCUT2D eigenvalue weighted by Crippen LogP contribution is -2.54. The van der Waals surface area contributed by atoms with Crippen LogP contribution in [0.15, 0.2) is 4.79 Å². The van der Waals surface area contributed by atoms with Crippen molar-refractivity contribution in [1.29, 1.82) is 0 Å². The Balaban J connectivity index is 1.83. The van der Waals surface area contributed by atoms with E-state index in [0.717, 1.165) is 36.9 Å². The van der Waals surface area contributed by atoms with Gasteiger partial charge in [0.2, 0.25) is 5.95 Å². The van der Waals surface area contributed by atoms with Gasteiger partial charge in [-0.3, -0.25) is 4.98 Å². The van der Waals surface area contributed by atoms with Gasteiger partial charge in [0.25, 0.3) is 0 Å². The lowest BCUT2D eigenvalue weighted by molar-refractivity contribution is -0.0649. The Labute approximate surface area is 112 Å². The number of H-pyrrole nitrogens is 1. The smallest absolute Gasteiger partial charge is 0.349 e. The monoisotopic (exact) mass is 260 g/mol. The molecule has 4 saturated carbocycles. The Hall–Kier alpha value is -1.39. The van der Waals surface area contributed by atoms with E-state index in [4.69, 9.17) is 5.73 Å². The molecule has 5 heteroatoms. The lowest BCUT2D eigenvalue weighted by Gasteiger charge is -2.60. The summed E-state index contributed by atoms with van der Waals surface area (Å²) in [4.78, 5) is 22.5. The molecule has 0 aromatic carbocycles. The van der Waals surface area contributed by atoms with Crippen molar-refractivity contribution in [1.82, 2.24) is 15.0 Å². The Morgan fingerprint density at radius 3 is 2.47 bits per heavy atom. The van der Waals surface area contributed by atoms with Gasteiger partial charge in [0.15, 0.2) is 0 Å². The van der Waals surface area contributed by atoms with E-state index in [1.807, 2.05) is 0 Å². The molecular formula is C14H20N4O. The molecular weight excluding hydrogens is 240 g/mol. The van der Waals surface area contributed by atoms with Gasteiger partial charge in [-0.05, 0) is 55.8 Å². The van der Waals surface area contributed by atoms with E-state index in [2.05, 4.69) is 21.9 Å². The van der Waals surface area contributed by atoms with Crippen molar-refractivity contribution in [3.63, 3.8) is 0 Å². The molecule has 1 aromatic rings. The highest BCUT2D eigenvalue weighted by Gasteiger charge is 2.57. The number of aromatic amines is 1. The van der Waals surface area contributed by atoms with Crippen molar-refractivity contribution in [3.8, 4) is 0 Å². The van der Waals surface area contributed by atoms with E-state index in [0.29, 0.717) is 5.41 Å². The van der Waals surface area contributed by atoms with Crippen molar-refractivity contribution in [3.05, 3.63) is 16.3 Å². The standard InChI is InChI=1S/C14H20N4O/c1-13-3-8-2-9(4-13)6-14(5-8,7-13)10-16-11(15)18-12(19)17-10/h8-9H,2-7H2,1H3,(H3,15,16,17,18,19). The first-order valence-electron chi connectivity index (χ1n) is 7.21. The van der Waals surface area contributed by atoms with Crippen LogP contribution >= 0.6 is 0 Å². The molecule has 4 bridgehead atoms. The van der Waals surface area contributed by atoms with E-state index in [1.165, 1.54) is 19.3 Å². The number of nitrogens with one attached hydrogen (secondary N) is 1. The molecule has 1 heterocycles. The zero-order valence-electron chi connectivity index (χ0n) is 11.3. The maximum atomic E-state index is 11.6. The van der Waals surface area contributed by atoms with Crippen molar-refractivity contribution >= 4 is 5.95 Å².